The fourth-order valence-corrected chi connectivity index (χ4v) is 1.34. The third kappa shape index (κ3) is 1.62. The van der Waals surface area contributed by atoms with E-state index in [2.05, 4.69) is 6.58 Å². The number of allylic oxidation sites excluding steroid dienone is 1. The quantitative estimate of drug-likeness (QED) is 0.614. The smallest absolute Gasteiger partial charge is 0.230 e. The highest BCUT2D eigenvalue weighted by atomic mass is 16.2. The van der Waals surface area contributed by atoms with Gasteiger partial charge in [-0.1, -0.05) is 34.3 Å². The van der Waals surface area contributed by atoms with E-state index in [-0.39, 0.29) is 17.0 Å². The molecule has 1 aliphatic heterocycles. The van der Waals surface area contributed by atoms with Gasteiger partial charge in [0.15, 0.2) is 1.41 Å². The second kappa shape index (κ2) is 2.86. The lowest BCUT2D eigenvalue weighted by Crippen LogP contribution is -2.49. The lowest BCUT2D eigenvalue weighted by molar-refractivity contribution is -0.137. The molecule has 2 nitrogen and oxygen atoms in total. The van der Waals surface area contributed by atoms with Crippen LogP contribution in [0.5, 0.6) is 0 Å². The average molecular weight is 183 g/mol. The predicted octanol–water partition coefficient (Wildman–Crippen LogP) is 2.46. The van der Waals surface area contributed by atoms with Gasteiger partial charge >= 0.3 is 0 Å². The van der Waals surface area contributed by atoms with Crippen molar-refractivity contribution in [1.82, 2.24) is 5.31 Å². The van der Waals surface area contributed by atoms with Gasteiger partial charge in [0, 0.05) is 7.07 Å². The minimum atomic E-state index is -0.650. The van der Waals surface area contributed by atoms with Gasteiger partial charge in [-0.2, -0.15) is 0 Å². The van der Waals surface area contributed by atoms with Crippen LogP contribution < -0.4 is 5.31 Å². The summed E-state index contributed by atoms with van der Waals surface area (Å²) in [5.41, 5.74) is -0.618. The number of carbonyl (C=O) groups excluding carboxylic acids is 1. The predicted molar refractivity (Wildman–Crippen MR) is 54.1 cm³/mol. The summed E-state index contributed by atoms with van der Waals surface area (Å²) in [5, 5.41) is 0.798. The molecular formula is C11H19NO. The molecule has 1 aliphatic rings. The highest BCUT2D eigenvalue weighted by Gasteiger charge is 2.45. The van der Waals surface area contributed by atoms with Crippen molar-refractivity contribution in [3.8, 4) is 0 Å². The van der Waals surface area contributed by atoms with E-state index in [1.807, 2.05) is 27.7 Å². The van der Waals surface area contributed by atoms with E-state index < -0.39 is 11.8 Å². The van der Waals surface area contributed by atoms with E-state index in [4.69, 9.17) is 2.78 Å². The number of nitrogens with one attached hydrogen (secondary N) is 1. The molecule has 0 radical (unpaired) electrons. The summed E-state index contributed by atoms with van der Waals surface area (Å²) in [5.74, 6) is -0.247. The maximum Gasteiger partial charge on any atom is 0.230 e. The van der Waals surface area contributed by atoms with Crippen molar-refractivity contribution >= 4 is 5.91 Å². The largest absolute Gasteiger partial charge is 0.330 e. The zero-order valence-electron chi connectivity index (χ0n) is 10.8. The Labute approximate surface area is 83.3 Å². The molecule has 2 atom stereocenters. The number of rotatable bonds is 0. The Balaban J connectivity index is 3.13. The first-order valence-corrected chi connectivity index (χ1v) is 4.56. The molecule has 13 heavy (non-hydrogen) atoms. The molecule has 0 spiro atoms. The van der Waals surface area contributed by atoms with Gasteiger partial charge in [-0.25, -0.2) is 0 Å². The Morgan fingerprint density at radius 2 is 2.23 bits per heavy atom. The monoisotopic (exact) mass is 183 g/mol. The van der Waals surface area contributed by atoms with Crippen LogP contribution in [0.4, 0.5) is 0 Å². The maximum absolute atomic E-state index is 12.0. The Bertz CT molecular complexity index is 308. The Morgan fingerprint density at radius 3 is 2.69 bits per heavy atom. The summed E-state index contributed by atoms with van der Waals surface area (Å²) < 4.78 is 15.4. The Morgan fingerprint density at radius 1 is 1.69 bits per heavy atom. The zero-order valence-corrected chi connectivity index (χ0v) is 8.85. The first-order valence-electron chi connectivity index (χ1n) is 5.58. The summed E-state index contributed by atoms with van der Waals surface area (Å²) in [4.78, 5) is 12.0. The molecule has 1 N–H and O–H groups in total. The molecule has 1 amide bonds. The maximum atomic E-state index is 12.0. The third-order valence-corrected chi connectivity index (χ3v) is 3.12. The van der Waals surface area contributed by atoms with E-state index in [1.54, 1.807) is 0 Å². The molecule has 0 bridgehead atoms. The van der Waals surface area contributed by atoms with Crippen LogP contribution in [0.25, 0.3) is 0 Å². The normalized spacial score (nSPS) is 38.8. The first kappa shape index (κ1) is 7.60. The van der Waals surface area contributed by atoms with E-state index in [0.29, 0.717) is 6.42 Å². The van der Waals surface area contributed by atoms with Gasteiger partial charge in [0.25, 0.3) is 0 Å². The molecule has 1 rings (SSSR count). The van der Waals surface area contributed by atoms with Crippen molar-refractivity contribution in [1.29, 1.82) is 0 Å². The molecule has 0 saturated carbocycles. The van der Waals surface area contributed by atoms with E-state index >= 15 is 0 Å². The molecular weight excluding hydrogens is 162 g/mol. The SMILES string of the molecule is [2H]C1CC(C)(C(C)(C)C)C(=O)N([2H])C1=C. The Kier molecular flexibility index (Phi) is 1.67. The third-order valence-electron chi connectivity index (χ3n) is 3.12. The van der Waals surface area contributed by atoms with E-state index in [0.717, 1.165) is 5.31 Å². The fraction of sp³-hybridized carbons (Fsp3) is 0.727. The van der Waals surface area contributed by atoms with Crippen LogP contribution in [-0.2, 0) is 4.79 Å². The first-order chi connectivity index (χ1) is 6.61. The summed E-state index contributed by atoms with van der Waals surface area (Å²) >= 11 is 0. The molecule has 2 unspecified atom stereocenters. The van der Waals surface area contributed by atoms with Gasteiger partial charge in [0.05, 0.1) is 5.41 Å². The van der Waals surface area contributed by atoms with Gasteiger partial charge in [-0.05, 0) is 18.2 Å². The van der Waals surface area contributed by atoms with Crippen LogP contribution in [0.2, 0.25) is 1.41 Å². The summed E-state index contributed by atoms with van der Waals surface area (Å²) in [6.45, 7) is 11.4. The molecule has 2 heteroatoms. The summed E-state index contributed by atoms with van der Waals surface area (Å²) in [6.07, 6.45) is -0.103. The second-order valence-corrected chi connectivity index (χ2v) is 4.90. The minimum Gasteiger partial charge on any atom is -0.330 e. The average Bonchev–Trinajstić information content (AvgIpc) is 2.10. The highest BCUT2D eigenvalue weighted by molar-refractivity contribution is 5.85. The number of piperidine rings is 1. The van der Waals surface area contributed by atoms with Crippen LogP contribution in [-0.4, -0.2) is 5.91 Å². The van der Waals surface area contributed by atoms with Crippen molar-refractivity contribution in [2.75, 3.05) is 0 Å². The fourth-order valence-electron chi connectivity index (χ4n) is 1.34. The number of hydrogen-bond acceptors (Lipinski definition) is 1. The lowest BCUT2D eigenvalue weighted by atomic mass is 9.63. The van der Waals surface area contributed by atoms with Gasteiger partial charge in [-0.15, -0.1) is 0 Å². The lowest BCUT2D eigenvalue weighted by Gasteiger charge is -2.43. The molecule has 1 heterocycles. The van der Waals surface area contributed by atoms with Crippen molar-refractivity contribution < 1.29 is 7.58 Å². The van der Waals surface area contributed by atoms with Crippen LogP contribution in [0.3, 0.4) is 0 Å². The molecule has 0 aromatic carbocycles. The van der Waals surface area contributed by atoms with E-state index in [9.17, 15) is 4.79 Å². The summed E-state index contributed by atoms with van der Waals surface area (Å²) in [6, 6.07) is 0. The van der Waals surface area contributed by atoms with Crippen LogP contribution in [0, 0.1) is 10.8 Å². The summed E-state index contributed by atoms with van der Waals surface area (Å²) in [7, 11) is 0. The number of carbonyl (C=O) groups is 1. The van der Waals surface area contributed by atoms with Gasteiger partial charge in [0.2, 0.25) is 5.91 Å². The standard InChI is InChI=1S/C11H19NO/c1-8-6-7-11(5,9(13)12-8)10(2,3)4/h1,6-7H2,2-5H3,(H,12,13)/i6D/hD. The van der Waals surface area contributed by atoms with Gasteiger partial charge in [0.1, 0.15) is 0 Å². The van der Waals surface area contributed by atoms with Crippen LogP contribution >= 0.6 is 0 Å². The number of hydrogen-bond donors (Lipinski definition) is 1. The zero-order chi connectivity index (χ0) is 12.0. The topological polar surface area (TPSA) is 29.1 Å². The molecule has 1 saturated heterocycles. The van der Waals surface area contributed by atoms with Crippen molar-refractivity contribution in [2.45, 2.75) is 40.5 Å². The van der Waals surface area contributed by atoms with E-state index in [1.165, 1.54) is 0 Å². The minimum absolute atomic E-state index is 0.247. The number of amides is 1. The van der Waals surface area contributed by atoms with Crippen molar-refractivity contribution in [2.24, 2.45) is 10.8 Å². The van der Waals surface area contributed by atoms with Crippen LogP contribution in [0.15, 0.2) is 12.3 Å². The highest BCUT2D eigenvalue weighted by Crippen LogP contribution is 2.44. The molecule has 0 aliphatic carbocycles. The molecule has 0 aromatic heterocycles. The Hall–Kier alpha value is -0.790. The molecule has 0 aromatic rings. The van der Waals surface area contributed by atoms with Gasteiger partial charge < -0.3 is 5.31 Å². The molecule has 74 valence electrons. The van der Waals surface area contributed by atoms with Gasteiger partial charge in [-0.3, -0.25) is 4.79 Å². The molecule has 1 fully saturated rings. The van der Waals surface area contributed by atoms with Crippen molar-refractivity contribution in [3.05, 3.63) is 12.3 Å². The van der Waals surface area contributed by atoms with Crippen molar-refractivity contribution in [3.63, 3.8) is 0 Å². The van der Waals surface area contributed by atoms with Crippen LogP contribution in [0.1, 0.15) is 41.9 Å². The second-order valence-electron chi connectivity index (χ2n) is 4.90.